The topological polar surface area (TPSA) is 42.0 Å². The van der Waals surface area contributed by atoms with Crippen LogP contribution in [0.4, 0.5) is 10.1 Å². The van der Waals surface area contributed by atoms with Gasteiger partial charge in [-0.15, -0.1) is 0 Å². The summed E-state index contributed by atoms with van der Waals surface area (Å²) in [6.45, 7) is 0. The summed E-state index contributed by atoms with van der Waals surface area (Å²) >= 11 is 0. The summed E-state index contributed by atoms with van der Waals surface area (Å²) in [6.07, 6.45) is 8.21. The average Bonchev–Trinajstić information content (AvgIpc) is 2.87. The van der Waals surface area contributed by atoms with Gasteiger partial charge in [0.15, 0.2) is 0 Å². The summed E-state index contributed by atoms with van der Waals surface area (Å²) in [4.78, 5) is 17.4. The number of rotatable bonds is 4. The first-order chi connectivity index (χ1) is 17.1. The first kappa shape index (κ1) is 22.0. The molecule has 1 aromatic heterocycles. The average molecular weight is 465 g/mol. The van der Waals surface area contributed by atoms with Crippen molar-refractivity contribution in [1.29, 1.82) is 0 Å². The molecule has 0 aliphatic heterocycles. The van der Waals surface area contributed by atoms with Crippen molar-refractivity contribution < 1.29 is 9.18 Å². The molecule has 0 bridgehead atoms. The highest BCUT2D eigenvalue weighted by molar-refractivity contribution is 5.94. The van der Waals surface area contributed by atoms with Crippen LogP contribution in [0.3, 0.4) is 0 Å². The molecule has 0 atom stereocenters. The van der Waals surface area contributed by atoms with Gasteiger partial charge >= 0.3 is 0 Å². The number of hydrogen-bond acceptors (Lipinski definition) is 2. The van der Waals surface area contributed by atoms with E-state index in [2.05, 4.69) is 40.6 Å². The van der Waals surface area contributed by atoms with E-state index in [4.69, 9.17) is 0 Å². The van der Waals surface area contributed by atoms with Crippen molar-refractivity contribution in [1.82, 2.24) is 4.98 Å². The summed E-state index contributed by atoms with van der Waals surface area (Å²) in [5.41, 5.74) is 5.48. The number of benzene rings is 3. The van der Waals surface area contributed by atoms with Crippen LogP contribution in [0.2, 0.25) is 0 Å². The summed E-state index contributed by atoms with van der Waals surface area (Å²) < 4.78 is 13.9. The van der Waals surface area contributed by atoms with Crippen LogP contribution in [-0.4, -0.2) is 10.9 Å². The lowest BCUT2D eigenvalue weighted by molar-refractivity contribution is -0.128. The molecule has 3 nitrogen and oxygen atoms in total. The number of anilines is 1. The van der Waals surface area contributed by atoms with Crippen LogP contribution >= 0.6 is 0 Å². The number of hydrogen-bond donors (Lipinski definition) is 1. The van der Waals surface area contributed by atoms with E-state index in [0.29, 0.717) is 11.3 Å². The Morgan fingerprint density at radius 2 is 1.66 bits per heavy atom. The molecule has 4 heteroatoms. The molecule has 1 N–H and O–H groups in total. The van der Waals surface area contributed by atoms with E-state index in [-0.39, 0.29) is 17.6 Å². The lowest BCUT2D eigenvalue weighted by atomic mass is 9.54. The molecule has 1 amide bonds. The largest absolute Gasteiger partial charge is 0.326 e. The van der Waals surface area contributed by atoms with Gasteiger partial charge in [-0.1, -0.05) is 42.5 Å². The van der Waals surface area contributed by atoms with Crippen molar-refractivity contribution in [2.24, 2.45) is 11.3 Å². The highest BCUT2D eigenvalue weighted by atomic mass is 19.1. The monoisotopic (exact) mass is 464 g/mol. The van der Waals surface area contributed by atoms with Crippen LogP contribution in [-0.2, 0) is 4.79 Å². The molecule has 35 heavy (non-hydrogen) atoms. The second-order valence-corrected chi connectivity index (χ2v) is 10.4. The van der Waals surface area contributed by atoms with Crippen LogP contribution in [0, 0.1) is 17.2 Å². The molecule has 0 unspecified atom stereocenters. The summed E-state index contributed by atoms with van der Waals surface area (Å²) in [6, 6.07) is 25.2. The third-order valence-corrected chi connectivity index (χ3v) is 8.19. The van der Waals surface area contributed by atoms with Crippen molar-refractivity contribution in [2.75, 3.05) is 5.32 Å². The van der Waals surface area contributed by atoms with Gasteiger partial charge in [-0.2, -0.15) is 0 Å². The number of nitrogens with one attached hydrogen (secondary N) is 1. The van der Waals surface area contributed by atoms with Crippen LogP contribution < -0.4 is 5.32 Å². The molecule has 2 fully saturated rings. The lowest BCUT2D eigenvalue weighted by Gasteiger charge is -2.51. The molecule has 0 saturated heterocycles. The molecule has 3 aromatic carbocycles. The maximum Gasteiger partial charge on any atom is 0.227 e. The zero-order valence-corrected chi connectivity index (χ0v) is 19.7. The molecular formula is C31H29FN2O. The summed E-state index contributed by atoms with van der Waals surface area (Å²) in [5, 5.41) is 4.10. The number of amides is 1. The molecule has 0 radical (unpaired) electrons. The van der Waals surface area contributed by atoms with Gasteiger partial charge in [-0.05, 0) is 103 Å². The third kappa shape index (κ3) is 4.34. The van der Waals surface area contributed by atoms with Crippen LogP contribution in [0.15, 0.2) is 85.1 Å². The second kappa shape index (κ2) is 8.92. The quantitative estimate of drug-likeness (QED) is 0.336. The maximum absolute atomic E-state index is 13.9. The third-order valence-electron chi connectivity index (χ3n) is 8.19. The van der Waals surface area contributed by atoms with Gasteiger partial charge in [-0.25, -0.2) is 4.39 Å². The minimum absolute atomic E-state index is 0.0859. The zero-order valence-electron chi connectivity index (χ0n) is 19.7. The van der Waals surface area contributed by atoms with Crippen molar-refractivity contribution >= 4 is 22.5 Å². The fourth-order valence-corrected chi connectivity index (χ4v) is 6.27. The van der Waals surface area contributed by atoms with Gasteiger partial charge in [0, 0.05) is 23.2 Å². The molecular weight excluding hydrogens is 435 g/mol. The van der Waals surface area contributed by atoms with E-state index >= 15 is 0 Å². The number of nitrogens with zero attached hydrogens (tertiary/aromatic N) is 1. The summed E-state index contributed by atoms with van der Waals surface area (Å²) in [5.74, 6) is 0.448. The van der Waals surface area contributed by atoms with Gasteiger partial charge in [0.1, 0.15) is 5.82 Å². The first-order valence-electron chi connectivity index (χ1n) is 12.6. The molecule has 2 aliphatic carbocycles. The highest BCUT2D eigenvalue weighted by Crippen LogP contribution is 2.57. The molecule has 2 aliphatic rings. The smallest absolute Gasteiger partial charge is 0.227 e. The van der Waals surface area contributed by atoms with Crippen molar-refractivity contribution in [3.63, 3.8) is 0 Å². The molecule has 4 aromatic rings. The Morgan fingerprint density at radius 1 is 0.886 bits per heavy atom. The van der Waals surface area contributed by atoms with Crippen molar-refractivity contribution in [2.45, 2.75) is 44.4 Å². The number of carbonyl (C=O) groups is 1. The minimum atomic E-state index is -0.207. The standard InChI is InChI=1S/C31H29FN2O/c32-25-9-10-29-28(18-25)27(13-16-33-29)22-11-14-31(15-12-22)19-24(20-31)30(35)34-26-8-4-7-23(17-26)21-5-2-1-3-6-21/h1-10,13,16-18,22,24H,11-12,14-15,19-20H2,(H,34,35). The number of pyridine rings is 1. The maximum atomic E-state index is 13.9. The fourth-order valence-electron chi connectivity index (χ4n) is 6.27. The Balaban J connectivity index is 1.07. The summed E-state index contributed by atoms with van der Waals surface area (Å²) in [7, 11) is 0. The Kier molecular flexibility index (Phi) is 5.60. The van der Waals surface area contributed by atoms with Crippen molar-refractivity contribution in [3.8, 4) is 11.1 Å². The van der Waals surface area contributed by atoms with Gasteiger partial charge in [-0.3, -0.25) is 9.78 Å². The van der Waals surface area contributed by atoms with Gasteiger partial charge < -0.3 is 5.32 Å². The number of fused-ring (bicyclic) bond motifs is 1. The van der Waals surface area contributed by atoms with E-state index in [1.165, 1.54) is 11.6 Å². The van der Waals surface area contributed by atoms with E-state index < -0.39 is 0 Å². The van der Waals surface area contributed by atoms with Gasteiger partial charge in [0.05, 0.1) is 5.52 Å². The molecule has 1 heterocycles. The Hall–Kier alpha value is -3.53. The van der Waals surface area contributed by atoms with E-state index in [1.807, 2.05) is 36.5 Å². The van der Waals surface area contributed by atoms with Crippen molar-refractivity contribution in [3.05, 3.63) is 96.4 Å². The van der Waals surface area contributed by atoms with Crippen LogP contribution in [0.5, 0.6) is 0 Å². The number of halogens is 1. The van der Waals surface area contributed by atoms with Crippen LogP contribution in [0.1, 0.15) is 50.0 Å². The van der Waals surface area contributed by atoms with E-state index in [9.17, 15) is 9.18 Å². The zero-order chi connectivity index (χ0) is 23.8. The van der Waals surface area contributed by atoms with Gasteiger partial charge in [0.25, 0.3) is 0 Å². The normalized spacial score (nSPS) is 23.7. The SMILES string of the molecule is O=C(Nc1cccc(-c2ccccc2)c1)C1CC2(CCC(c3ccnc4ccc(F)cc34)CC2)C1. The molecule has 1 spiro atoms. The molecule has 6 rings (SSSR count). The molecule has 2 saturated carbocycles. The van der Waals surface area contributed by atoms with Gasteiger partial charge in [0.2, 0.25) is 5.91 Å². The highest BCUT2D eigenvalue weighted by Gasteiger charge is 2.48. The molecule has 176 valence electrons. The predicted molar refractivity (Wildman–Crippen MR) is 139 cm³/mol. The van der Waals surface area contributed by atoms with Crippen LogP contribution in [0.25, 0.3) is 22.0 Å². The number of aromatic nitrogens is 1. The number of carbonyl (C=O) groups excluding carboxylic acids is 1. The lowest BCUT2D eigenvalue weighted by Crippen LogP contribution is -2.45. The predicted octanol–water partition coefficient (Wildman–Crippen LogP) is 7.73. The van der Waals surface area contributed by atoms with E-state index in [0.717, 1.165) is 66.2 Å². The minimum Gasteiger partial charge on any atom is -0.326 e. The Labute approximate surface area is 205 Å². The Morgan fingerprint density at radius 3 is 2.46 bits per heavy atom. The fraction of sp³-hybridized carbons (Fsp3) is 0.290. The second-order valence-electron chi connectivity index (χ2n) is 10.4. The first-order valence-corrected chi connectivity index (χ1v) is 12.6. The Bertz CT molecular complexity index is 1370. The van der Waals surface area contributed by atoms with E-state index in [1.54, 1.807) is 12.1 Å².